The highest BCUT2D eigenvalue weighted by atomic mass is 19.1. The van der Waals surface area contributed by atoms with E-state index in [1.165, 1.54) is 24.3 Å². The standard InChI is InChI=1S/C42H26F2N6/c43-35-23-19-33(20-24-35)41-48-40(49-42(50-41)34-21-25-36(44)26-22-34)32-17-13-28(14-18-32)27-11-15-31(16-12-27)39-46-37(29-7-3-1-4-8-29)45-38(47-39)30-9-5-2-6-10-30/h1-26H. The van der Waals surface area contributed by atoms with Crippen LogP contribution in [-0.4, -0.2) is 29.9 Å². The van der Waals surface area contributed by atoms with Crippen molar-refractivity contribution in [1.29, 1.82) is 0 Å². The predicted octanol–water partition coefficient (Wildman–Crippen LogP) is 10.0. The average Bonchev–Trinajstić information content (AvgIpc) is 3.19. The van der Waals surface area contributed by atoms with Gasteiger partial charge in [0.25, 0.3) is 0 Å². The Morgan fingerprint density at radius 1 is 0.220 bits per heavy atom. The number of nitrogens with zero attached hydrogens (tertiary/aromatic N) is 6. The monoisotopic (exact) mass is 652 g/mol. The van der Waals surface area contributed by atoms with E-state index in [2.05, 4.69) is 4.98 Å². The lowest BCUT2D eigenvalue weighted by molar-refractivity contribution is 0.627. The Morgan fingerprint density at radius 3 is 0.680 bits per heavy atom. The number of hydrogen-bond acceptors (Lipinski definition) is 6. The molecular weight excluding hydrogens is 627 g/mol. The fourth-order valence-corrected chi connectivity index (χ4v) is 5.52. The van der Waals surface area contributed by atoms with E-state index in [1.54, 1.807) is 24.3 Å². The van der Waals surface area contributed by atoms with Gasteiger partial charge < -0.3 is 0 Å². The molecule has 0 N–H and O–H groups in total. The Hall–Kier alpha value is -6.80. The van der Waals surface area contributed by atoms with Gasteiger partial charge in [0.15, 0.2) is 34.9 Å². The molecule has 8 heteroatoms. The molecule has 0 aliphatic heterocycles. The summed E-state index contributed by atoms with van der Waals surface area (Å²) in [5.41, 5.74) is 6.75. The van der Waals surface area contributed by atoms with Crippen LogP contribution in [-0.2, 0) is 0 Å². The molecule has 6 nitrogen and oxygen atoms in total. The molecule has 8 aromatic rings. The van der Waals surface area contributed by atoms with Gasteiger partial charge in [-0.05, 0) is 59.7 Å². The number of aromatic nitrogens is 6. The SMILES string of the molecule is Fc1ccc(-c2nc(-c3ccc(F)cc3)nc(-c3ccc(-c4ccc(-c5nc(-c6ccccc6)nc(-c6ccccc6)n5)cc4)cc3)n2)cc1. The molecule has 2 aromatic heterocycles. The van der Waals surface area contributed by atoms with Crippen molar-refractivity contribution in [3.8, 4) is 79.5 Å². The summed E-state index contributed by atoms with van der Waals surface area (Å²) >= 11 is 0. The van der Waals surface area contributed by atoms with Crippen molar-refractivity contribution in [2.24, 2.45) is 0 Å². The third-order valence-electron chi connectivity index (χ3n) is 8.16. The van der Waals surface area contributed by atoms with Gasteiger partial charge in [-0.2, -0.15) is 0 Å². The molecule has 0 saturated heterocycles. The van der Waals surface area contributed by atoms with Gasteiger partial charge in [-0.15, -0.1) is 0 Å². The Bertz CT molecular complexity index is 2280. The summed E-state index contributed by atoms with van der Waals surface area (Å²) in [6.07, 6.45) is 0. The van der Waals surface area contributed by atoms with E-state index in [4.69, 9.17) is 24.9 Å². The first-order valence-electron chi connectivity index (χ1n) is 15.9. The highest BCUT2D eigenvalue weighted by Gasteiger charge is 2.15. The van der Waals surface area contributed by atoms with E-state index >= 15 is 0 Å². The van der Waals surface area contributed by atoms with E-state index in [0.717, 1.165) is 33.4 Å². The van der Waals surface area contributed by atoms with Crippen LogP contribution in [0.3, 0.4) is 0 Å². The van der Waals surface area contributed by atoms with Crippen LogP contribution in [0.25, 0.3) is 79.5 Å². The van der Waals surface area contributed by atoms with Gasteiger partial charge in [0.2, 0.25) is 0 Å². The Balaban J connectivity index is 1.11. The van der Waals surface area contributed by atoms with Crippen LogP contribution in [0.2, 0.25) is 0 Å². The van der Waals surface area contributed by atoms with Crippen LogP contribution in [0.15, 0.2) is 158 Å². The summed E-state index contributed by atoms with van der Waals surface area (Å²) in [6, 6.07) is 47.7. The first kappa shape index (κ1) is 30.5. The van der Waals surface area contributed by atoms with Crippen LogP contribution in [0, 0.1) is 11.6 Å². The molecule has 0 aliphatic carbocycles. The number of hydrogen-bond donors (Lipinski definition) is 0. The van der Waals surface area contributed by atoms with Crippen LogP contribution in [0.1, 0.15) is 0 Å². The zero-order chi connectivity index (χ0) is 33.9. The quantitative estimate of drug-likeness (QED) is 0.171. The summed E-state index contributed by atoms with van der Waals surface area (Å²) in [7, 11) is 0. The highest BCUT2D eigenvalue weighted by molar-refractivity contribution is 5.73. The van der Waals surface area contributed by atoms with Crippen molar-refractivity contribution in [2.75, 3.05) is 0 Å². The molecule has 0 saturated carbocycles. The van der Waals surface area contributed by atoms with Crippen molar-refractivity contribution in [2.45, 2.75) is 0 Å². The van der Waals surface area contributed by atoms with Crippen LogP contribution in [0.4, 0.5) is 8.78 Å². The summed E-state index contributed by atoms with van der Waals surface area (Å²) in [6.45, 7) is 0. The molecule has 0 bridgehead atoms. The first-order chi connectivity index (χ1) is 24.6. The number of rotatable bonds is 7. The molecule has 0 atom stereocenters. The van der Waals surface area contributed by atoms with E-state index in [1.807, 2.05) is 109 Å². The molecule has 50 heavy (non-hydrogen) atoms. The lowest BCUT2D eigenvalue weighted by Crippen LogP contribution is -2.00. The minimum absolute atomic E-state index is 0.354. The van der Waals surface area contributed by atoms with Crippen molar-refractivity contribution < 1.29 is 8.78 Å². The second-order valence-electron chi connectivity index (χ2n) is 11.5. The van der Waals surface area contributed by atoms with Gasteiger partial charge in [-0.3, -0.25) is 0 Å². The highest BCUT2D eigenvalue weighted by Crippen LogP contribution is 2.30. The topological polar surface area (TPSA) is 77.3 Å². The van der Waals surface area contributed by atoms with E-state index < -0.39 is 0 Å². The Kier molecular flexibility index (Phi) is 8.16. The predicted molar refractivity (Wildman–Crippen MR) is 191 cm³/mol. The smallest absolute Gasteiger partial charge is 0.164 e. The molecule has 0 amide bonds. The minimum Gasteiger partial charge on any atom is -0.208 e. The van der Waals surface area contributed by atoms with Crippen molar-refractivity contribution in [1.82, 2.24) is 29.9 Å². The van der Waals surface area contributed by atoms with Crippen LogP contribution >= 0.6 is 0 Å². The largest absolute Gasteiger partial charge is 0.208 e. The van der Waals surface area contributed by atoms with Gasteiger partial charge in [-0.1, -0.05) is 109 Å². The van der Waals surface area contributed by atoms with Crippen molar-refractivity contribution in [3.63, 3.8) is 0 Å². The summed E-state index contributed by atoms with van der Waals surface area (Å²) in [5, 5.41) is 0. The fourth-order valence-electron chi connectivity index (χ4n) is 5.52. The molecule has 0 aliphatic rings. The average molecular weight is 653 g/mol. The number of halogens is 2. The first-order valence-corrected chi connectivity index (χ1v) is 15.9. The second-order valence-corrected chi connectivity index (χ2v) is 11.5. The summed E-state index contributed by atoms with van der Waals surface area (Å²) in [5.74, 6) is 2.31. The fraction of sp³-hybridized carbons (Fsp3) is 0. The normalized spacial score (nSPS) is 11.0. The van der Waals surface area contributed by atoms with Crippen molar-refractivity contribution >= 4 is 0 Å². The van der Waals surface area contributed by atoms with Crippen LogP contribution < -0.4 is 0 Å². The Labute approximate surface area is 286 Å². The van der Waals surface area contributed by atoms with Crippen LogP contribution in [0.5, 0.6) is 0 Å². The van der Waals surface area contributed by atoms with E-state index in [-0.39, 0.29) is 11.6 Å². The third kappa shape index (κ3) is 6.50. The van der Waals surface area contributed by atoms with Gasteiger partial charge in [0.05, 0.1) is 0 Å². The molecular formula is C42H26F2N6. The van der Waals surface area contributed by atoms with Gasteiger partial charge in [-0.25, -0.2) is 38.7 Å². The summed E-state index contributed by atoms with van der Waals surface area (Å²) < 4.78 is 27.4. The maximum atomic E-state index is 13.7. The molecule has 6 aromatic carbocycles. The zero-order valence-corrected chi connectivity index (χ0v) is 26.5. The maximum Gasteiger partial charge on any atom is 0.164 e. The van der Waals surface area contributed by atoms with Gasteiger partial charge in [0, 0.05) is 33.4 Å². The van der Waals surface area contributed by atoms with Gasteiger partial charge >= 0.3 is 0 Å². The second kappa shape index (κ2) is 13.4. The Morgan fingerprint density at radius 2 is 0.420 bits per heavy atom. The maximum absolute atomic E-state index is 13.7. The molecule has 0 spiro atoms. The molecule has 2 heterocycles. The molecule has 0 radical (unpaired) electrons. The number of benzene rings is 6. The minimum atomic E-state index is -0.354. The molecule has 0 fully saturated rings. The lowest BCUT2D eigenvalue weighted by atomic mass is 10.0. The van der Waals surface area contributed by atoms with Gasteiger partial charge in [0.1, 0.15) is 11.6 Å². The molecule has 238 valence electrons. The summed E-state index contributed by atoms with van der Waals surface area (Å²) in [4.78, 5) is 28.5. The third-order valence-corrected chi connectivity index (χ3v) is 8.16. The molecule has 0 unspecified atom stereocenters. The van der Waals surface area contributed by atoms with E-state index in [9.17, 15) is 8.78 Å². The van der Waals surface area contributed by atoms with Crippen molar-refractivity contribution in [3.05, 3.63) is 169 Å². The molecule has 8 rings (SSSR count). The van der Waals surface area contributed by atoms with E-state index in [0.29, 0.717) is 46.1 Å². The lowest BCUT2D eigenvalue weighted by Gasteiger charge is -2.10. The zero-order valence-electron chi connectivity index (χ0n) is 26.5.